The molecule has 1 aromatic heterocycles. The lowest BCUT2D eigenvalue weighted by molar-refractivity contribution is -0.140. The van der Waals surface area contributed by atoms with Crippen molar-refractivity contribution in [2.75, 3.05) is 38.2 Å². The normalized spacial score (nSPS) is 14.9. The molecule has 31 heavy (non-hydrogen) atoms. The van der Waals surface area contributed by atoms with Gasteiger partial charge >= 0.3 is 12.6 Å². The Bertz CT molecular complexity index is 908. The number of ether oxygens (including phenoxy) is 3. The number of carbonyl (C=O) groups is 2. The molecule has 1 unspecified atom stereocenters. The molecule has 1 aliphatic heterocycles. The zero-order valence-electron chi connectivity index (χ0n) is 17.0. The van der Waals surface area contributed by atoms with Crippen molar-refractivity contribution in [2.24, 2.45) is 0 Å². The third kappa shape index (κ3) is 5.36. The van der Waals surface area contributed by atoms with E-state index in [1.165, 1.54) is 32.2 Å². The topological polar surface area (TPSA) is 94.1 Å². The lowest BCUT2D eigenvalue weighted by Gasteiger charge is -2.35. The maximum Gasteiger partial charge on any atom is 0.387 e. The Kier molecular flexibility index (Phi) is 7.16. The van der Waals surface area contributed by atoms with Crippen molar-refractivity contribution in [3.8, 4) is 11.5 Å². The SMILES string of the molecule is COc1cccc(C(=O)OC(C)C(=O)N2CCN(c3ncccn3)CC2)c1OC(F)F. The third-order valence-corrected chi connectivity index (χ3v) is 4.68. The molecular formula is C20H22F2N4O5. The van der Waals surface area contributed by atoms with Crippen LogP contribution in [0.25, 0.3) is 0 Å². The van der Waals surface area contributed by atoms with Crippen LogP contribution >= 0.6 is 0 Å². The van der Waals surface area contributed by atoms with Gasteiger partial charge in [0, 0.05) is 38.6 Å². The summed E-state index contributed by atoms with van der Waals surface area (Å²) in [6, 6.07) is 5.79. The number of alkyl halides is 2. The van der Waals surface area contributed by atoms with Gasteiger partial charge in [-0.15, -0.1) is 0 Å². The van der Waals surface area contributed by atoms with Crippen LogP contribution in [0.2, 0.25) is 0 Å². The van der Waals surface area contributed by atoms with E-state index in [1.54, 1.807) is 23.4 Å². The van der Waals surface area contributed by atoms with E-state index in [2.05, 4.69) is 14.7 Å². The van der Waals surface area contributed by atoms with E-state index >= 15 is 0 Å². The Hall–Kier alpha value is -3.50. The molecule has 0 N–H and O–H groups in total. The maximum absolute atomic E-state index is 12.8. The highest BCUT2D eigenvalue weighted by Crippen LogP contribution is 2.33. The van der Waals surface area contributed by atoms with E-state index in [4.69, 9.17) is 9.47 Å². The molecule has 0 bridgehead atoms. The predicted molar refractivity (Wildman–Crippen MR) is 105 cm³/mol. The molecule has 11 heteroatoms. The average molecular weight is 436 g/mol. The number of amides is 1. The molecule has 9 nitrogen and oxygen atoms in total. The van der Waals surface area contributed by atoms with Crippen molar-refractivity contribution in [1.82, 2.24) is 14.9 Å². The fourth-order valence-corrected chi connectivity index (χ4v) is 3.16. The molecule has 2 heterocycles. The molecule has 1 aliphatic rings. The van der Waals surface area contributed by atoms with Crippen molar-refractivity contribution in [3.05, 3.63) is 42.2 Å². The molecule has 166 valence electrons. The van der Waals surface area contributed by atoms with E-state index in [1.807, 2.05) is 4.90 Å². The number of halogens is 2. The van der Waals surface area contributed by atoms with E-state index in [-0.39, 0.29) is 17.2 Å². The number of para-hydroxylation sites is 1. The number of benzene rings is 1. The smallest absolute Gasteiger partial charge is 0.387 e. The minimum absolute atomic E-state index is 0.0482. The molecule has 1 saturated heterocycles. The number of carbonyl (C=O) groups excluding carboxylic acids is 2. The number of esters is 1. The standard InChI is InChI=1S/C20H22F2N4O5/c1-13(17(27)25-9-11-26(12-10-25)20-23-7-4-8-24-20)30-18(28)14-5-3-6-15(29-2)16(14)31-19(21)22/h3-8,13,19H,9-12H2,1-2H3. The summed E-state index contributed by atoms with van der Waals surface area (Å²) in [5.41, 5.74) is -0.259. The van der Waals surface area contributed by atoms with Gasteiger partial charge in [0.05, 0.1) is 7.11 Å². The lowest BCUT2D eigenvalue weighted by atomic mass is 10.2. The molecule has 0 spiro atoms. The molecule has 0 radical (unpaired) electrons. The number of piperazine rings is 1. The Morgan fingerprint density at radius 1 is 1.06 bits per heavy atom. The number of aromatic nitrogens is 2. The van der Waals surface area contributed by atoms with E-state index in [0.717, 1.165) is 0 Å². The van der Waals surface area contributed by atoms with Crippen LogP contribution in [0.4, 0.5) is 14.7 Å². The minimum atomic E-state index is -3.16. The van der Waals surface area contributed by atoms with Gasteiger partial charge < -0.3 is 24.0 Å². The van der Waals surface area contributed by atoms with Crippen molar-refractivity contribution in [3.63, 3.8) is 0 Å². The number of anilines is 1. The summed E-state index contributed by atoms with van der Waals surface area (Å²) in [4.78, 5) is 37.2. The molecule has 1 amide bonds. The third-order valence-electron chi connectivity index (χ3n) is 4.68. The minimum Gasteiger partial charge on any atom is -0.493 e. The first kappa shape index (κ1) is 22.2. The van der Waals surface area contributed by atoms with Crippen molar-refractivity contribution < 1.29 is 32.6 Å². The Morgan fingerprint density at radius 3 is 2.35 bits per heavy atom. The van der Waals surface area contributed by atoms with Gasteiger partial charge in [-0.1, -0.05) is 6.07 Å². The summed E-state index contributed by atoms with van der Waals surface area (Å²) in [5.74, 6) is -1.26. The molecule has 2 aromatic rings. The summed E-state index contributed by atoms with van der Waals surface area (Å²) >= 11 is 0. The fraction of sp³-hybridized carbons (Fsp3) is 0.400. The summed E-state index contributed by atoms with van der Waals surface area (Å²) < 4.78 is 40.2. The number of hydrogen-bond acceptors (Lipinski definition) is 8. The zero-order valence-corrected chi connectivity index (χ0v) is 17.0. The van der Waals surface area contributed by atoms with E-state index < -0.39 is 24.4 Å². The van der Waals surface area contributed by atoms with Gasteiger partial charge in [-0.3, -0.25) is 4.79 Å². The first-order valence-electron chi connectivity index (χ1n) is 9.54. The summed E-state index contributed by atoms with van der Waals surface area (Å²) in [7, 11) is 1.26. The number of rotatable bonds is 7. The van der Waals surface area contributed by atoms with Crippen LogP contribution in [0.15, 0.2) is 36.7 Å². The average Bonchev–Trinajstić information content (AvgIpc) is 2.79. The van der Waals surface area contributed by atoms with Gasteiger partial charge in [0.25, 0.3) is 5.91 Å². The first-order valence-corrected chi connectivity index (χ1v) is 9.54. The van der Waals surface area contributed by atoms with Crippen molar-refractivity contribution >= 4 is 17.8 Å². The van der Waals surface area contributed by atoms with Crippen LogP contribution in [-0.2, 0) is 9.53 Å². The summed E-state index contributed by atoms with van der Waals surface area (Å²) in [5, 5.41) is 0. The van der Waals surface area contributed by atoms with Crippen molar-refractivity contribution in [1.29, 1.82) is 0 Å². The largest absolute Gasteiger partial charge is 0.493 e. The van der Waals surface area contributed by atoms with Gasteiger partial charge in [-0.05, 0) is 25.1 Å². The highest BCUT2D eigenvalue weighted by molar-refractivity contribution is 5.95. The molecule has 1 atom stereocenters. The van der Waals surface area contributed by atoms with Gasteiger partial charge in [-0.25, -0.2) is 14.8 Å². The monoisotopic (exact) mass is 436 g/mol. The quantitative estimate of drug-likeness (QED) is 0.609. The maximum atomic E-state index is 12.8. The Labute approximate surface area is 177 Å². The summed E-state index contributed by atoms with van der Waals surface area (Å²) in [6.45, 7) is 0.125. The van der Waals surface area contributed by atoms with Crippen LogP contribution in [0.1, 0.15) is 17.3 Å². The van der Waals surface area contributed by atoms with Crippen molar-refractivity contribution in [2.45, 2.75) is 19.6 Å². The van der Waals surface area contributed by atoms with Gasteiger partial charge in [0.15, 0.2) is 17.6 Å². The molecule has 0 aliphatic carbocycles. The van der Waals surface area contributed by atoms with Crippen LogP contribution in [-0.4, -0.2) is 72.7 Å². The van der Waals surface area contributed by atoms with Crippen LogP contribution in [0.3, 0.4) is 0 Å². The molecule has 1 fully saturated rings. The lowest BCUT2D eigenvalue weighted by Crippen LogP contribution is -2.52. The number of hydrogen-bond donors (Lipinski definition) is 0. The molecule has 0 saturated carbocycles. The highest BCUT2D eigenvalue weighted by Gasteiger charge is 2.30. The van der Waals surface area contributed by atoms with Gasteiger partial charge in [0.2, 0.25) is 5.95 Å². The molecular weight excluding hydrogens is 414 g/mol. The van der Waals surface area contributed by atoms with E-state index in [9.17, 15) is 18.4 Å². The molecule has 3 rings (SSSR count). The Morgan fingerprint density at radius 2 is 1.74 bits per heavy atom. The van der Waals surface area contributed by atoms with Crippen LogP contribution in [0.5, 0.6) is 11.5 Å². The van der Waals surface area contributed by atoms with Gasteiger partial charge in [-0.2, -0.15) is 8.78 Å². The Balaban J connectivity index is 1.62. The van der Waals surface area contributed by atoms with Crippen LogP contribution in [0, 0.1) is 0 Å². The first-order chi connectivity index (χ1) is 14.9. The highest BCUT2D eigenvalue weighted by atomic mass is 19.3. The van der Waals surface area contributed by atoms with Crippen LogP contribution < -0.4 is 14.4 Å². The number of nitrogens with zero attached hydrogens (tertiary/aromatic N) is 4. The zero-order chi connectivity index (χ0) is 22.4. The predicted octanol–water partition coefficient (Wildman–Crippen LogP) is 1.98. The second-order valence-corrected chi connectivity index (χ2v) is 6.62. The van der Waals surface area contributed by atoms with E-state index in [0.29, 0.717) is 32.1 Å². The second kappa shape index (κ2) is 10.0. The van der Waals surface area contributed by atoms with Gasteiger partial charge in [0.1, 0.15) is 5.56 Å². The fourth-order valence-electron chi connectivity index (χ4n) is 3.16. The molecule has 1 aromatic carbocycles. The second-order valence-electron chi connectivity index (χ2n) is 6.62. The number of methoxy groups -OCH3 is 1. The summed E-state index contributed by atoms with van der Waals surface area (Å²) in [6.07, 6.45) is 2.18.